The van der Waals surface area contributed by atoms with Crippen LogP contribution in [0.4, 0.5) is 0 Å². The fourth-order valence-corrected chi connectivity index (χ4v) is 1.05. The third kappa shape index (κ3) is 1.67. The maximum absolute atomic E-state index is 11.0. The molecule has 0 radical (unpaired) electrons. The lowest BCUT2D eigenvalue weighted by Crippen LogP contribution is -2.08. The van der Waals surface area contributed by atoms with E-state index >= 15 is 0 Å². The lowest BCUT2D eigenvalue weighted by Gasteiger charge is -2.04. The standard InChI is InChI=1S/C8H11NO2/c1-9(2)5-6-7(10)3-4-8(6)11/h5H,3-4H2,1-2H3. The zero-order chi connectivity index (χ0) is 8.43. The first-order chi connectivity index (χ1) is 5.11. The minimum atomic E-state index is -0.0244. The van der Waals surface area contributed by atoms with Crippen LogP contribution in [0.5, 0.6) is 0 Å². The van der Waals surface area contributed by atoms with E-state index in [1.54, 1.807) is 25.2 Å². The lowest BCUT2D eigenvalue weighted by molar-refractivity contribution is -0.116. The molecule has 60 valence electrons. The van der Waals surface area contributed by atoms with Gasteiger partial charge in [-0.05, 0) is 0 Å². The first-order valence-electron chi connectivity index (χ1n) is 3.56. The fraction of sp³-hybridized carbons (Fsp3) is 0.500. The number of rotatable bonds is 1. The molecule has 0 spiro atoms. The molecule has 1 saturated carbocycles. The molecule has 1 aliphatic rings. The van der Waals surface area contributed by atoms with Crippen LogP contribution in [0, 0.1) is 0 Å². The second-order valence-corrected chi connectivity index (χ2v) is 2.85. The van der Waals surface area contributed by atoms with E-state index in [4.69, 9.17) is 0 Å². The summed E-state index contributed by atoms with van der Waals surface area (Å²) in [6.45, 7) is 0. The van der Waals surface area contributed by atoms with Crippen molar-refractivity contribution < 1.29 is 9.59 Å². The van der Waals surface area contributed by atoms with E-state index in [0.717, 1.165) is 0 Å². The van der Waals surface area contributed by atoms with Gasteiger partial charge < -0.3 is 4.90 Å². The maximum Gasteiger partial charge on any atom is 0.168 e. The maximum atomic E-state index is 11.0. The van der Waals surface area contributed by atoms with Crippen LogP contribution < -0.4 is 0 Å². The molecule has 0 saturated heterocycles. The molecule has 0 heterocycles. The van der Waals surface area contributed by atoms with Gasteiger partial charge in [-0.2, -0.15) is 0 Å². The van der Waals surface area contributed by atoms with Crippen molar-refractivity contribution in [2.45, 2.75) is 12.8 Å². The van der Waals surface area contributed by atoms with Crippen LogP contribution in [0.3, 0.4) is 0 Å². The van der Waals surface area contributed by atoms with E-state index in [1.165, 1.54) is 0 Å². The Morgan fingerprint density at radius 1 is 1.18 bits per heavy atom. The van der Waals surface area contributed by atoms with Crippen molar-refractivity contribution in [2.75, 3.05) is 14.1 Å². The molecule has 0 bridgehead atoms. The molecule has 0 amide bonds. The zero-order valence-electron chi connectivity index (χ0n) is 6.76. The van der Waals surface area contributed by atoms with Gasteiger partial charge in [0.1, 0.15) is 0 Å². The third-order valence-corrected chi connectivity index (χ3v) is 1.57. The predicted molar refractivity (Wildman–Crippen MR) is 41.0 cm³/mol. The Kier molecular flexibility index (Phi) is 2.08. The molecule has 0 aromatic carbocycles. The SMILES string of the molecule is CN(C)C=C1C(=O)CCC1=O. The number of hydrogen-bond acceptors (Lipinski definition) is 3. The molecule has 1 aliphatic carbocycles. The van der Waals surface area contributed by atoms with Gasteiger partial charge in [-0.25, -0.2) is 0 Å². The highest BCUT2D eigenvalue weighted by molar-refractivity contribution is 6.25. The van der Waals surface area contributed by atoms with Gasteiger partial charge in [0, 0.05) is 33.1 Å². The molecule has 1 rings (SSSR count). The van der Waals surface area contributed by atoms with Crippen molar-refractivity contribution >= 4 is 11.6 Å². The second kappa shape index (κ2) is 2.86. The van der Waals surface area contributed by atoms with Crippen LogP contribution in [-0.2, 0) is 9.59 Å². The quantitative estimate of drug-likeness (QED) is 0.403. The summed E-state index contributed by atoms with van der Waals surface area (Å²) >= 11 is 0. The van der Waals surface area contributed by atoms with Crippen LogP contribution in [-0.4, -0.2) is 30.6 Å². The summed E-state index contributed by atoms with van der Waals surface area (Å²) in [5.41, 5.74) is 0.356. The van der Waals surface area contributed by atoms with E-state index in [0.29, 0.717) is 18.4 Å². The summed E-state index contributed by atoms with van der Waals surface area (Å²) in [5.74, 6) is -0.0487. The second-order valence-electron chi connectivity index (χ2n) is 2.85. The summed E-state index contributed by atoms with van der Waals surface area (Å²) < 4.78 is 0. The Morgan fingerprint density at radius 3 is 2.00 bits per heavy atom. The fourth-order valence-electron chi connectivity index (χ4n) is 1.05. The van der Waals surface area contributed by atoms with E-state index < -0.39 is 0 Å². The Labute approximate surface area is 65.7 Å². The van der Waals surface area contributed by atoms with E-state index in [1.807, 2.05) is 0 Å². The Bertz CT molecular complexity index is 210. The molecule has 3 heteroatoms. The smallest absolute Gasteiger partial charge is 0.168 e. The lowest BCUT2D eigenvalue weighted by atomic mass is 10.2. The van der Waals surface area contributed by atoms with Crippen molar-refractivity contribution in [2.24, 2.45) is 0 Å². The highest BCUT2D eigenvalue weighted by Crippen LogP contribution is 2.16. The molecule has 0 N–H and O–H groups in total. The number of nitrogens with zero attached hydrogens (tertiary/aromatic N) is 1. The van der Waals surface area contributed by atoms with E-state index in [2.05, 4.69) is 0 Å². The topological polar surface area (TPSA) is 37.4 Å². The van der Waals surface area contributed by atoms with Crippen LogP contribution >= 0.6 is 0 Å². The monoisotopic (exact) mass is 153 g/mol. The molecule has 0 aromatic rings. The minimum absolute atomic E-state index is 0.0244. The van der Waals surface area contributed by atoms with Gasteiger partial charge in [-0.15, -0.1) is 0 Å². The zero-order valence-corrected chi connectivity index (χ0v) is 6.76. The first-order valence-corrected chi connectivity index (χ1v) is 3.56. The number of allylic oxidation sites excluding steroid dienone is 1. The summed E-state index contributed by atoms with van der Waals surface area (Å²) in [4.78, 5) is 23.7. The van der Waals surface area contributed by atoms with Gasteiger partial charge in [0.2, 0.25) is 0 Å². The molecule has 0 atom stereocenters. The van der Waals surface area contributed by atoms with Crippen molar-refractivity contribution in [1.82, 2.24) is 4.90 Å². The molecule has 0 aromatic heterocycles. The molecule has 11 heavy (non-hydrogen) atoms. The van der Waals surface area contributed by atoms with Crippen LogP contribution in [0.2, 0.25) is 0 Å². The van der Waals surface area contributed by atoms with Crippen molar-refractivity contribution in [3.8, 4) is 0 Å². The third-order valence-electron chi connectivity index (χ3n) is 1.57. The van der Waals surface area contributed by atoms with Crippen LogP contribution in [0.25, 0.3) is 0 Å². The Hall–Kier alpha value is -1.12. The largest absolute Gasteiger partial charge is 0.383 e. The van der Waals surface area contributed by atoms with Crippen molar-refractivity contribution in [3.05, 3.63) is 11.8 Å². The number of ketones is 2. The van der Waals surface area contributed by atoms with Gasteiger partial charge in [0.25, 0.3) is 0 Å². The van der Waals surface area contributed by atoms with E-state index in [9.17, 15) is 9.59 Å². The molecule has 0 aliphatic heterocycles. The average Bonchev–Trinajstić information content (AvgIpc) is 2.18. The predicted octanol–water partition coefficient (Wildman–Crippen LogP) is 0.364. The van der Waals surface area contributed by atoms with Crippen molar-refractivity contribution in [3.63, 3.8) is 0 Å². The Balaban J connectivity index is 2.84. The van der Waals surface area contributed by atoms with Gasteiger partial charge in [0.05, 0.1) is 5.57 Å². The Morgan fingerprint density at radius 2 is 1.64 bits per heavy atom. The summed E-state index contributed by atoms with van der Waals surface area (Å²) in [5, 5.41) is 0. The van der Waals surface area contributed by atoms with Crippen molar-refractivity contribution in [1.29, 1.82) is 0 Å². The molecule has 1 fully saturated rings. The van der Waals surface area contributed by atoms with Gasteiger partial charge in [-0.3, -0.25) is 9.59 Å². The van der Waals surface area contributed by atoms with Crippen LogP contribution in [0.15, 0.2) is 11.8 Å². The molecule has 3 nitrogen and oxygen atoms in total. The van der Waals surface area contributed by atoms with Crippen LogP contribution in [0.1, 0.15) is 12.8 Å². The highest BCUT2D eigenvalue weighted by Gasteiger charge is 2.25. The number of hydrogen-bond donors (Lipinski definition) is 0. The number of Topliss-reactive ketones (excluding diaryl/α,β-unsaturated/α-hetero) is 2. The summed E-state index contributed by atoms with van der Waals surface area (Å²) in [6.07, 6.45) is 2.37. The highest BCUT2D eigenvalue weighted by atomic mass is 16.2. The van der Waals surface area contributed by atoms with Gasteiger partial charge in [-0.1, -0.05) is 0 Å². The average molecular weight is 153 g/mol. The summed E-state index contributed by atoms with van der Waals surface area (Å²) in [7, 11) is 3.60. The minimum Gasteiger partial charge on any atom is -0.383 e. The summed E-state index contributed by atoms with van der Waals surface area (Å²) in [6, 6.07) is 0. The first kappa shape index (κ1) is 7.98. The number of carbonyl (C=O) groups is 2. The molecular formula is C8H11NO2. The van der Waals surface area contributed by atoms with Gasteiger partial charge in [0.15, 0.2) is 11.6 Å². The number of carbonyl (C=O) groups excluding carboxylic acids is 2. The van der Waals surface area contributed by atoms with Gasteiger partial charge >= 0.3 is 0 Å². The van der Waals surface area contributed by atoms with E-state index in [-0.39, 0.29) is 11.6 Å². The molecule has 0 unspecified atom stereocenters. The molecular weight excluding hydrogens is 142 g/mol. The normalized spacial score (nSPS) is 17.5.